The lowest BCUT2D eigenvalue weighted by molar-refractivity contribution is 0.685. The normalized spacial score (nSPS) is 14.4. The summed E-state index contributed by atoms with van der Waals surface area (Å²) in [5, 5.41) is 0.219. The Hall–Kier alpha value is 0.757. The van der Waals surface area contributed by atoms with Crippen molar-refractivity contribution in [2.75, 3.05) is 0 Å². The van der Waals surface area contributed by atoms with Gasteiger partial charge in [0.25, 0.3) is 0 Å². The van der Waals surface area contributed by atoms with Crippen molar-refractivity contribution in [1.82, 2.24) is 3.60 Å². The van der Waals surface area contributed by atoms with Crippen molar-refractivity contribution in [1.29, 1.82) is 0 Å². The van der Waals surface area contributed by atoms with Gasteiger partial charge in [-0.1, -0.05) is 33.9 Å². The summed E-state index contributed by atoms with van der Waals surface area (Å²) in [6, 6.07) is 0. The van der Waals surface area contributed by atoms with E-state index >= 15 is 0 Å². The Balaban J connectivity index is 4.40. The molecule has 4 heteroatoms. The first kappa shape index (κ1) is 10.8. The third-order valence-corrected chi connectivity index (χ3v) is 9.31. The lowest BCUT2D eigenvalue weighted by Gasteiger charge is -2.37. The molecule has 0 aliphatic heterocycles. The number of nitrogens with zero attached hydrogens (tertiary/aromatic N) is 1. The summed E-state index contributed by atoms with van der Waals surface area (Å²) in [6.07, 6.45) is 0. The highest BCUT2D eigenvalue weighted by atomic mass is 35.5. The van der Waals surface area contributed by atoms with Gasteiger partial charge in [-0.3, -0.25) is 0 Å². The van der Waals surface area contributed by atoms with E-state index in [1.54, 1.807) is 0 Å². The number of hydrogen-bond acceptors (Lipinski definition) is 1. The second-order valence-corrected chi connectivity index (χ2v) is 10.5. The van der Waals surface area contributed by atoms with E-state index in [0.717, 1.165) is 0 Å². The zero-order valence-corrected chi connectivity index (χ0v) is 9.72. The smallest absolute Gasteiger partial charge is 0.159 e. The van der Waals surface area contributed by atoms with Gasteiger partial charge in [0.05, 0.1) is 0 Å². The minimum Gasteiger partial charge on any atom is -0.159 e. The molecule has 0 saturated heterocycles. The summed E-state index contributed by atoms with van der Waals surface area (Å²) in [4.78, 5) is 0. The second-order valence-electron chi connectivity index (χ2n) is 4.04. The SMILES string of the molecule is CC(C)(C)[Si](C)(C)N(Cl)Cl. The molecule has 0 aromatic carbocycles. The van der Waals surface area contributed by atoms with Gasteiger partial charge in [0.2, 0.25) is 0 Å². The molecule has 0 amide bonds. The summed E-state index contributed by atoms with van der Waals surface area (Å²) in [7, 11) is -1.62. The predicted molar refractivity (Wildman–Crippen MR) is 50.7 cm³/mol. The molecule has 0 spiro atoms. The fraction of sp³-hybridized carbons (Fsp3) is 1.00. The number of halogens is 2. The Bertz CT molecular complexity index is 117. The first-order valence-corrected chi connectivity index (χ1v) is 6.94. The summed E-state index contributed by atoms with van der Waals surface area (Å²) < 4.78 is 1.35. The predicted octanol–water partition coefficient (Wildman–Crippen LogP) is 3.60. The maximum atomic E-state index is 5.71. The van der Waals surface area contributed by atoms with Crippen molar-refractivity contribution < 1.29 is 0 Å². The molecule has 0 rings (SSSR count). The molecular weight excluding hydrogens is 185 g/mol. The van der Waals surface area contributed by atoms with E-state index in [1.165, 1.54) is 3.60 Å². The summed E-state index contributed by atoms with van der Waals surface area (Å²) in [6.45, 7) is 10.8. The van der Waals surface area contributed by atoms with E-state index in [9.17, 15) is 0 Å². The Morgan fingerprint density at radius 3 is 1.40 bits per heavy atom. The van der Waals surface area contributed by atoms with E-state index in [4.69, 9.17) is 23.6 Å². The first-order chi connectivity index (χ1) is 4.19. The minimum atomic E-state index is -1.62. The Kier molecular flexibility index (Phi) is 3.24. The molecule has 0 aromatic heterocycles. The van der Waals surface area contributed by atoms with Gasteiger partial charge in [-0.25, -0.2) is 0 Å². The van der Waals surface area contributed by atoms with Gasteiger partial charge in [0.15, 0.2) is 8.24 Å². The largest absolute Gasteiger partial charge is 0.168 e. The Labute approximate surface area is 74.6 Å². The van der Waals surface area contributed by atoms with E-state index < -0.39 is 8.24 Å². The first-order valence-electron chi connectivity index (χ1n) is 3.31. The summed E-state index contributed by atoms with van der Waals surface area (Å²) in [5.74, 6) is 0. The highest BCUT2D eigenvalue weighted by Crippen LogP contribution is 2.39. The molecule has 0 saturated carbocycles. The molecule has 0 unspecified atom stereocenters. The highest BCUT2D eigenvalue weighted by molar-refractivity contribution is 6.86. The van der Waals surface area contributed by atoms with Gasteiger partial charge in [0.1, 0.15) is 0 Å². The van der Waals surface area contributed by atoms with Gasteiger partial charge in [-0.05, 0) is 28.6 Å². The third-order valence-electron chi connectivity index (χ3n) is 2.26. The standard InChI is InChI=1S/C6H15Cl2NSi/c1-6(2,3)10(4,5)9(7)8/h1-5H3. The van der Waals surface area contributed by atoms with Crippen LogP contribution in [0.4, 0.5) is 0 Å². The van der Waals surface area contributed by atoms with Crippen LogP contribution in [-0.4, -0.2) is 11.8 Å². The van der Waals surface area contributed by atoms with Crippen molar-refractivity contribution in [3.63, 3.8) is 0 Å². The monoisotopic (exact) mass is 199 g/mol. The van der Waals surface area contributed by atoms with E-state index in [0.29, 0.717) is 0 Å². The molecule has 0 aromatic rings. The number of rotatable bonds is 1. The van der Waals surface area contributed by atoms with Gasteiger partial charge in [0, 0.05) is 0 Å². The quantitative estimate of drug-likeness (QED) is 0.461. The molecule has 0 heterocycles. The molecule has 0 atom stereocenters. The summed E-state index contributed by atoms with van der Waals surface area (Å²) >= 11 is 11.4. The number of hydrogen-bond donors (Lipinski definition) is 0. The van der Waals surface area contributed by atoms with Crippen LogP contribution in [-0.2, 0) is 0 Å². The van der Waals surface area contributed by atoms with Gasteiger partial charge < -0.3 is 0 Å². The van der Waals surface area contributed by atoms with Crippen LogP contribution in [0, 0.1) is 0 Å². The van der Waals surface area contributed by atoms with E-state index in [-0.39, 0.29) is 5.04 Å². The fourth-order valence-electron chi connectivity index (χ4n) is 0.254. The molecule has 0 bridgehead atoms. The van der Waals surface area contributed by atoms with Crippen molar-refractivity contribution >= 4 is 31.8 Å². The lowest BCUT2D eigenvalue weighted by Crippen LogP contribution is -2.45. The van der Waals surface area contributed by atoms with Gasteiger partial charge in [-0.15, -0.1) is 0 Å². The maximum absolute atomic E-state index is 5.71. The topological polar surface area (TPSA) is 3.24 Å². The van der Waals surface area contributed by atoms with Crippen LogP contribution in [0.2, 0.25) is 18.1 Å². The molecule has 10 heavy (non-hydrogen) atoms. The van der Waals surface area contributed by atoms with E-state index in [1.807, 2.05) is 0 Å². The highest BCUT2D eigenvalue weighted by Gasteiger charge is 2.40. The average Bonchev–Trinajstić information content (AvgIpc) is 1.62. The molecule has 1 nitrogen and oxygen atoms in total. The average molecular weight is 200 g/mol. The van der Waals surface area contributed by atoms with Crippen LogP contribution in [0.15, 0.2) is 0 Å². The Morgan fingerprint density at radius 2 is 1.40 bits per heavy atom. The second kappa shape index (κ2) is 3.01. The van der Waals surface area contributed by atoms with Crippen LogP contribution >= 0.6 is 23.6 Å². The third kappa shape index (κ3) is 2.12. The van der Waals surface area contributed by atoms with Crippen LogP contribution in [0.5, 0.6) is 0 Å². The molecule has 0 fully saturated rings. The van der Waals surface area contributed by atoms with Crippen LogP contribution in [0.25, 0.3) is 0 Å². The van der Waals surface area contributed by atoms with Crippen molar-refractivity contribution in [3.05, 3.63) is 0 Å². The van der Waals surface area contributed by atoms with Crippen molar-refractivity contribution in [2.45, 2.75) is 38.9 Å². The van der Waals surface area contributed by atoms with Gasteiger partial charge in [-0.2, -0.15) is 3.60 Å². The van der Waals surface area contributed by atoms with Crippen LogP contribution in [0.1, 0.15) is 20.8 Å². The molecule has 0 radical (unpaired) electrons. The molecule has 62 valence electrons. The fourth-order valence-corrected chi connectivity index (χ4v) is 2.28. The molecular formula is C6H15Cl2NSi. The van der Waals surface area contributed by atoms with Crippen molar-refractivity contribution in [2.24, 2.45) is 0 Å². The zero-order chi connectivity index (χ0) is 8.58. The maximum Gasteiger partial charge on any atom is 0.168 e. The lowest BCUT2D eigenvalue weighted by atomic mass is 10.2. The summed E-state index contributed by atoms with van der Waals surface area (Å²) in [5.41, 5.74) is 0. The van der Waals surface area contributed by atoms with Crippen LogP contribution in [0.3, 0.4) is 0 Å². The van der Waals surface area contributed by atoms with Gasteiger partial charge >= 0.3 is 0 Å². The van der Waals surface area contributed by atoms with Crippen LogP contribution < -0.4 is 0 Å². The van der Waals surface area contributed by atoms with Crippen molar-refractivity contribution in [3.8, 4) is 0 Å². The minimum absolute atomic E-state index is 0.219. The van der Waals surface area contributed by atoms with E-state index in [2.05, 4.69) is 33.9 Å². The molecule has 0 aliphatic rings. The zero-order valence-electron chi connectivity index (χ0n) is 7.20. The molecule has 0 aliphatic carbocycles. The molecule has 0 N–H and O–H groups in total. The Morgan fingerprint density at radius 1 is 1.10 bits per heavy atom.